The van der Waals surface area contributed by atoms with Crippen LogP contribution in [0.2, 0.25) is 0 Å². The standard InChI is InChI=1S/C12H16O5/c1-15-5-8(13)6-16-9-2-3-10-11(14)7-17-12(10)4-9/h2-4,8,11,13-14H,5-7H2,1H3. The molecule has 0 bridgehead atoms. The first-order valence-corrected chi connectivity index (χ1v) is 5.45. The molecule has 1 aliphatic heterocycles. The first-order chi connectivity index (χ1) is 8.20. The minimum Gasteiger partial charge on any atom is -0.491 e. The molecule has 5 heteroatoms. The lowest BCUT2D eigenvalue weighted by Gasteiger charge is -2.12. The monoisotopic (exact) mass is 240 g/mol. The molecule has 5 nitrogen and oxygen atoms in total. The minimum absolute atomic E-state index is 0.162. The molecule has 0 saturated carbocycles. The summed E-state index contributed by atoms with van der Waals surface area (Å²) < 4.78 is 15.5. The summed E-state index contributed by atoms with van der Waals surface area (Å²) in [6.45, 7) is 0.681. The van der Waals surface area contributed by atoms with Crippen molar-refractivity contribution in [3.05, 3.63) is 23.8 Å². The van der Waals surface area contributed by atoms with Gasteiger partial charge in [-0.1, -0.05) is 0 Å². The van der Waals surface area contributed by atoms with Gasteiger partial charge in [0, 0.05) is 18.7 Å². The number of rotatable bonds is 5. The van der Waals surface area contributed by atoms with E-state index in [9.17, 15) is 10.2 Å². The molecule has 0 radical (unpaired) electrons. The van der Waals surface area contributed by atoms with E-state index in [1.807, 2.05) is 0 Å². The van der Waals surface area contributed by atoms with E-state index in [0.29, 0.717) is 11.5 Å². The van der Waals surface area contributed by atoms with E-state index in [-0.39, 0.29) is 19.8 Å². The maximum Gasteiger partial charge on any atom is 0.129 e. The lowest BCUT2D eigenvalue weighted by molar-refractivity contribution is 0.0325. The van der Waals surface area contributed by atoms with Gasteiger partial charge < -0.3 is 24.4 Å². The Balaban J connectivity index is 1.94. The van der Waals surface area contributed by atoms with Crippen LogP contribution in [0.1, 0.15) is 11.7 Å². The molecular formula is C12H16O5. The minimum atomic E-state index is -0.653. The van der Waals surface area contributed by atoms with E-state index in [4.69, 9.17) is 14.2 Å². The summed E-state index contributed by atoms with van der Waals surface area (Å²) in [6, 6.07) is 5.23. The summed E-state index contributed by atoms with van der Waals surface area (Å²) in [7, 11) is 1.52. The van der Waals surface area contributed by atoms with Gasteiger partial charge in [-0.05, 0) is 12.1 Å². The lowest BCUT2D eigenvalue weighted by atomic mass is 10.1. The summed E-state index contributed by atoms with van der Waals surface area (Å²) in [5.74, 6) is 1.24. The van der Waals surface area contributed by atoms with Crippen molar-refractivity contribution in [1.82, 2.24) is 0 Å². The summed E-state index contributed by atoms with van der Waals surface area (Å²) in [4.78, 5) is 0. The van der Waals surface area contributed by atoms with Crippen LogP contribution in [0.3, 0.4) is 0 Å². The largest absolute Gasteiger partial charge is 0.491 e. The summed E-state index contributed by atoms with van der Waals surface area (Å²) in [5.41, 5.74) is 0.773. The van der Waals surface area contributed by atoms with E-state index < -0.39 is 12.2 Å². The topological polar surface area (TPSA) is 68.2 Å². The van der Waals surface area contributed by atoms with Crippen molar-refractivity contribution in [2.75, 3.05) is 26.9 Å². The Labute approximate surface area is 99.5 Å². The number of hydrogen-bond acceptors (Lipinski definition) is 5. The van der Waals surface area contributed by atoms with Crippen LogP contribution in [0, 0.1) is 0 Å². The van der Waals surface area contributed by atoms with Crippen molar-refractivity contribution in [2.24, 2.45) is 0 Å². The van der Waals surface area contributed by atoms with E-state index in [1.54, 1.807) is 18.2 Å². The fourth-order valence-electron chi connectivity index (χ4n) is 1.70. The lowest BCUT2D eigenvalue weighted by Crippen LogP contribution is -2.22. The van der Waals surface area contributed by atoms with E-state index in [1.165, 1.54) is 7.11 Å². The van der Waals surface area contributed by atoms with Crippen molar-refractivity contribution in [3.63, 3.8) is 0 Å². The van der Waals surface area contributed by atoms with Crippen molar-refractivity contribution < 1.29 is 24.4 Å². The quantitative estimate of drug-likeness (QED) is 0.784. The molecule has 0 aliphatic carbocycles. The second kappa shape index (κ2) is 5.35. The predicted molar refractivity (Wildman–Crippen MR) is 60.3 cm³/mol. The molecule has 2 unspecified atom stereocenters. The normalized spacial score (nSPS) is 19.6. The molecule has 2 atom stereocenters. The van der Waals surface area contributed by atoms with Crippen molar-refractivity contribution >= 4 is 0 Å². The molecular weight excluding hydrogens is 224 g/mol. The van der Waals surface area contributed by atoms with Gasteiger partial charge in [-0.3, -0.25) is 0 Å². The first-order valence-electron chi connectivity index (χ1n) is 5.45. The van der Waals surface area contributed by atoms with Gasteiger partial charge in [-0.2, -0.15) is 0 Å². The van der Waals surface area contributed by atoms with Gasteiger partial charge in [0.2, 0.25) is 0 Å². The van der Waals surface area contributed by atoms with Gasteiger partial charge in [-0.25, -0.2) is 0 Å². The molecule has 0 amide bonds. The third-order valence-corrected chi connectivity index (χ3v) is 2.54. The van der Waals surface area contributed by atoms with Gasteiger partial charge in [-0.15, -0.1) is 0 Å². The Morgan fingerprint density at radius 3 is 3.06 bits per heavy atom. The van der Waals surface area contributed by atoms with Crippen LogP contribution in [0.25, 0.3) is 0 Å². The average molecular weight is 240 g/mol. The molecule has 2 rings (SSSR count). The molecule has 0 fully saturated rings. The highest BCUT2D eigenvalue weighted by atomic mass is 16.5. The Kier molecular flexibility index (Phi) is 3.83. The third-order valence-electron chi connectivity index (χ3n) is 2.54. The van der Waals surface area contributed by atoms with Crippen LogP contribution in [0.5, 0.6) is 11.5 Å². The fourth-order valence-corrected chi connectivity index (χ4v) is 1.70. The summed E-state index contributed by atoms with van der Waals surface area (Å²) >= 11 is 0. The number of hydrogen-bond donors (Lipinski definition) is 2. The summed E-state index contributed by atoms with van der Waals surface area (Å²) in [6.07, 6.45) is -1.21. The Morgan fingerprint density at radius 2 is 2.29 bits per heavy atom. The van der Waals surface area contributed by atoms with E-state index >= 15 is 0 Å². The smallest absolute Gasteiger partial charge is 0.129 e. The molecule has 1 heterocycles. The molecule has 0 spiro atoms. The first kappa shape index (κ1) is 12.2. The highest BCUT2D eigenvalue weighted by Crippen LogP contribution is 2.34. The zero-order valence-electron chi connectivity index (χ0n) is 9.63. The molecule has 1 aromatic carbocycles. The number of aliphatic hydroxyl groups excluding tert-OH is 2. The molecule has 0 saturated heterocycles. The van der Waals surface area contributed by atoms with Gasteiger partial charge >= 0.3 is 0 Å². The van der Waals surface area contributed by atoms with Crippen LogP contribution < -0.4 is 9.47 Å². The van der Waals surface area contributed by atoms with Gasteiger partial charge in [0.05, 0.1) is 6.61 Å². The number of aliphatic hydroxyl groups is 2. The van der Waals surface area contributed by atoms with Crippen molar-refractivity contribution in [2.45, 2.75) is 12.2 Å². The maximum atomic E-state index is 9.54. The van der Waals surface area contributed by atoms with Gasteiger partial charge in [0.15, 0.2) is 0 Å². The zero-order chi connectivity index (χ0) is 12.3. The van der Waals surface area contributed by atoms with Gasteiger partial charge in [0.25, 0.3) is 0 Å². The predicted octanol–water partition coefficient (Wildman–Crippen LogP) is 0.499. The zero-order valence-corrected chi connectivity index (χ0v) is 9.63. The van der Waals surface area contributed by atoms with Crippen LogP contribution >= 0.6 is 0 Å². The SMILES string of the molecule is COCC(O)COc1ccc2c(c1)OCC2O. The van der Waals surface area contributed by atoms with E-state index in [2.05, 4.69) is 0 Å². The third kappa shape index (κ3) is 2.88. The van der Waals surface area contributed by atoms with E-state index in [0.717, 1.165) is 5.56 Å². The summed E-state index contributed by atoms with van der Waals surface area (Å²) in [5, 5.41) is 19.0. The number of fused-ring (bicyclic) bond motifs is 1. The molecule has 0 aromatic heterocycles. The highest BCUT2D eigenvalue weighted by molar-refractivity contribution is 5.44. The Morgan fingerprint density at radius 1 is 1.47 bits per heavy atom. The second-order valence-electron chi connectivity index (χ2n) is 3.95. The average Bonchev–Trinajstić information content (AvgIpc) is 2.69. The van der Waals surface area contributed by atoms with Crippen LogP contribution in [0.4, 0.5) is 0 Å². The molecule has 94 valence electrons. The second-order valence-corrected chi connectivity index (χ2v) is 3.95. The highest BCUT2D eigenvalue weighted by Gasteiger charge is 2.22. The number of ether oxygens (including phenoxy) is 3. The van der Waals surface area contributed by atoms with Crippen molar-refractivity contribution in [1.29, 1.82) is 0 Å². The maximum absolute atomic E-state index is 9.54. The van der Waals surface area contributed by atoms with Crippen LogP contribution in [-0.4, -0.2) is 43.2 Å². The fraction of sp³-hybridized carbons (Fsp3) is 0.500. The van der Waals surface area contributed by atoms with Crippen molar-refractivity contribution in [3.8, 4) is 11.5 Å². The number of methoxy groups -OCH3 is 1. The van der Waals surface area contributed by atoms with Crippen LogP contribution in [-0.2, 0) is 4.74 Å². The van der Waals surface area contributed by atoms with Gasteiger partial charge in [0.1, 0.15) is 36.9 Å². The molecule has 2 N–H and O–H groups in total. The molecule has 17 heavy (non-hydrogen) atoms. The van der Waals surface area contributed by atoms with Crippen LogP contribution in [0.15, 0.2) is 18.2 Å². The Hall–Kier alpha value is -1.30. The number of benzene rings is 1. The Bertz CT molecular complexity index is 379. The molecule has 1 aromatic rings. The molecule has 1 aliphatic rings.